The molecule has 2 aromatic carbocycles. The monoisotopic (exact) mass is 213 g/mol. The Morgan fingerprint density at radius 2 is 1.88 bits per heavy atom. The Balaban J connectivity index is 2.04. The van der Waals surface area contributed by atoms with E-state index in [4.69, 9.17) is 0 Å². The lowest BCUT2D eigenvalue weighted by Crippen LogP contribution is -2.13. The molecule has 1 aliphatic carbocycles. The van der Waals surface area contributed by atoms with Crippen LogP contribution in [0.2, 0.25) is 0 Å². The Kier molecular flexibility index (Phi) is 2.01. The van der Waals surface area contributed by atoms with Crippen molar-refractivity contribution in [1.82, 2.24) is 0 Å². The van der Waals surface area contributed by atoms with Crippen LogP contribution < -0.4 is 5.36 Å². The summed E-state index contributed by atoms with van der Waals surface area (Å²) in [4.78, 5) is 4.66. The van der Waals surface area contributed by atoms with E-state index in [1.807, 2.05) is 12.1 Å². The van der Waals surface area contributed by atoms with E-state index in [1.165, 1.54) is 22.3 Å². The molecule has 0 fully saturated rings. The molecule has 0 radical (unpaired) electrons. The van der Waals surface area contributed by atoms with Gasteiger partial charge in [0.15, 0.2) is 0 Å². The number of nitrogens with zero attached hydrogens (tertiary/aromatic N) is 1. The van der Waals surface area contributed by atoms with E-state index in [-0.39, 0.29) is 12.1 Å². The zero-order valence-electron chi connectivity index (χ0n) is 9.57. The Morgan fingerprint density at radius 3 is 2.56 bits per heavy atom. The number of aliphatic hydroxyl groups is 1. The summed E-state index contributed by atoms with van der Waals surface area (Å²) in [5.74, 6) is 0. The quantitative estimate of drug-likeness (QED) is 0.769. The average molecular weight is 213 g/mol. The highest BCUT2D eigenvalue weighted by molar-refractivity contribution is 5.39. The minimum atomic E-state index is -0.355. The molecular formula is C14H15NO. The second kappa shape index (κ2) is 3.29. The first-order chi connectivity index (χ1) is 7.68. The van der Waals surface area contributed by atoms with Crippen LogP contribution in [0.3, 0.4) is 0 Å². The molecule has 82 valence electrons. The van der Waals surface area contributed by atoms with Crippen LogP contribution in [-0.4, -0.2) is 11.2 Å². The maximum atomic E-state index is 10.0. The molecule has 0 spiro atoms. The highest BCUT2D eigenvalue weighted by Crippen LogP contribution is 2.34. The normalized spacial score (nSPS) is 23.7. The Bertz CT molecular complexity index is 543. The van der Waals surface area contributed by atoms with Gasteiger partial charge in [0.05, 0.1) is 11.5 Å². The first kappa shape index (κ1) is 9.79. The van der Waals surface area contributed by atoms with Gasteiger partial charge in [0.2, 0.25) is 0 Å². The van der Waals surface area contributed by atoms with Crippen molar-refractivity contribution < 1.29 is 5.11 Å². The summed E-state index contributed by atoms with van der Waals surface area (Å²) in [6.45, 7) is 4.17. The van der Waals surface area contributed by atoms with Crippen LogP contribution in [0.25, 0.3) is 0 Å². The van der Waals surface area contributed by atoms with Crippen LogP contribution in [0.5, 0.6) is 0 Å². The first-order valence-corrected chi connectivity index (χ1v) is 5.70. The Morgan fingerprint density at radius 1 is 1.19 bits per heavy atom. The van der Waals surface area contributed by atoms with Crippen molar-refractivity contribution in [2.24, 2.45) is 4.99 Å². The summed E-state index contributed by atoms with van der Waals surface area (Å²) in [7, 11) is 0. The number of hydrogen-bond acceptors (Lipinski definition) is 2. The molecule has 0 aliphatic heterocycles. The van der Waals surface area contributed by atoms with Crippen molar-refractivity contribution in [1.29, 1.82) is 0 Å². The van der Waals surface area contributed by atoms with Crippen LogP contribution in [-0.2, 0) is 6.42 Å². The zero-order chi connectivity index (χ0) is 11.3. The number of rotatable bonds is 1. The molecule has 0 amide bonds. The predicted octanol–water partition coefficient (Wildman–Crippen LogP) is 1.74. The summed E-state index contributed by atoms with van der Waals surface area (Å²) < 4.78 is 0. The molecule has 16 heavy (non-hydrogen) atoms. The minimum absolute atomic E-state index is 0.0569. The van der Waals surface area contributed by atoms with Gasteiger partial charge in [-0.05, 0) is 36.1 Å². The fourth-order valence-electron chi connectivity index (χ4n) is 2.43. The van der Waals surface area contributed by atoms with Gasteiger partial charge in [-0.2, -0.15) is 0 Å². The van der Waals surface area contributed by atoms with Crippen molar-refractivity contribution >= 4 is 0 Å². The molecule has 3 rings (SSSR count). The van der Waals surface area contributed by atoms with E-state index in [0.29, 0.717) is 0 Å². The van der Waals surface area contributed by atoms with Gasteiger partial charge in [-0.15, -0.1) is 0 Å². The number of hydrogen-bond donors (Lipinski definition) is 1. The molecule has 0 bridgehead atoms. The van der Waals surface area contributed by atoms with Crippen LogP contribution in [0.15, 0.2) is 29.3 Å². The average Bonchev–Trinajstić information content (AvgIpc) is 2.71. The van der Waals surface area contributed by atoms with Crippen molar-refractivity contribution in [2.45, 2.75) is 32.4 Å². The highest BCUT2D eigenvalue weighted by Gasteiger charge is 2.30. The van der Waals surface area contributed by atoms with Gasteiger partial charge in [-0.25, -0.2) is 0 Å². The van der Waals surface area contributed by atoms with Gasteiger partial charge in [-0.1, -0.05) is 24.3 Å². The zero-order valence-corrected chi connectivity index (χ0v) is 9.57. The summed E-state index contributed by atoms with van der Waals surface area (Å²) >= 11 is 0. The van der Waals surface area contributed by atoms with Gasteiger partial charge in [0.25, 0.3) is 0 Å². The van der Waals surface area contributed by atoms with E-state index in [1.54, 1.807) is 0 Å². The fourth-order valence-corrected chi connectivity index (χ4v) is 2.43. The molecule has 1 N–H and O–H groups in total. The number of aliphatic hydroxyl groups excluding tert-OH is 1. The molecular weight excluding hydrogens is 198 g/mol. The molecule has 0 saturated carbocycles. The molecule has 2 aromatic rings. The molecule has 2 unspecified atom stereocenters. The van der Waals surface area contributed by atoms with E-state index >= 15 is 0 Å². The first-order valence-electron chi connectivity index (χ1n) is 5.70. The third kappa shape index (κ3) is 1.34. The van der Waals surface area contributed by atoms with Crippen LogP contribution >= 0.6 is 0 Å². The second-order valence-corrected chi connectivity index (χ2v) is 4.64. The molecule has 0 saturated heterocycles. The maximum Gasteiger partial charge on any atom is 0.102 e. The van der Waals surface area contributed by atoms with E-state index in [2.05, 4.69) is 31.0 Å². The standard InChI is InChI=1S/C14H15NO/c1-8-9(2)13(8)15-14-11-6-4-3-5-10(11)7-12(14)16/h3-6,12,14,16H,7H2,1-2H3. The molecule has 0 aromatic heterocycles. The SMILES string of the molecule is Cc1c(C)c1=NC1c2ccccc2CC1O. The van der Waals surface area contributed by atoms with Crippen molar-refractivity contribution in [3.63, 3.8) is 0 Å². The van der Waals surface area contributed by atoms with E-state index in [9.17, 15) is 5.11 Å². The second-order valence-electron chi connectivity index (χ2n) is 4.64. The smallest absolute Gasteiger partial charge is 0.102 e. The van der Waals surface area contributed by atoms with Crippen LogP contribution in [0.4, 0.5) is 0 Å². The lowest BCUT2D eigenvalue weighted by Gasteiger charge is -2.09. The summed E-state index contributed by atoms with van der Waals surface area (Å²) in [6.07, 6.45) is 0.376. The molecule has 1 aliphatic rings. The van der Waals surface area contributed by atoms with E-state index in [0.717, 1.165) is 11.8 Å². The third-order valence-electron chi connectivity index (χ3n) is 3.65. The Hall–Kier alpha value is -1.41. The summed E-state index contributed by atoms with van der Waals surface area (Å²) in [6, 6.07) is 8.14. The fraction of sp³-hybridized carbons (Fsp3) is 0.357. The lowest BCUT2D eigenvalue weighted by molar-refractivity contribution is 0.158. The maximum absolute atomic E-state index is 10.0. The molecule has 2 heteroatoms. The number of fused-ring (bicyclic) bond motifs is 1. The molecule has 0 heterocycles. The van der Waals surface area contributed by atoms with Gasteiger partial charge in [0, 0.05) is 6.42 Å². The van der Waals surface area contributed by atoms with Gasteiger partial charge < -0.3 is 5.11 Å². The van der Waals surface area contributed by atoms with Crippen LogP contribution in [0, 0.1) is 13.8 Å². The van der Waals surface area contributed by atoms with Gasteiger partial charge >= 0.3 is 0 Å². The molecule has 2 nitrogen and oxygen atoms in total. The Labute approximate surface area is 95.0 Å². The third-order valence-corrected chi connectivity index (χ3v) is 3.65. The van der Waals surface area contributed by atoms with Crippen molar-refractivity contribution in [3.05, 3.63) is 51.9 Å². The largest absolute Gasteiger partial charge is 0.390 e. The van der Waals surface area contributed by atoms with Crippen molar-refractivity contribution in [3.8, 4) is 0 Å². The number of benzene rings is 1. The van der Waals surface area contributed by atoms with E-state index < -0.39 is 0 Å². The summed E-state index contributed by atoms with van der Waals surface area (Å²) in [5.41, 5.74) is 5.00. The molecule has 2 atom stereocenters. The highest BCUT2D eigenvalue weighted by atomic mass is 16.3. The van der Waals surface area contributed by atoms with Crippen LogP contribution in [0.1, 0.15) is 28.3 Å². The lowest BCUT2D eigenvalue weighted by atomic mass is 10.1. The topological polar surface area (TPSA) is 32.6 Å². The predicted molar refractivity (Wildman–Crippen MR) is 62.7 cm³/mol. The van der Waals surface area contributed by atoms with Gasteiger partial charge in [0.1, 0.15) is 6.04 Å². The minimum Gasteiger partial charge on any atom is -0.390 e. The summed E-state index contributed by atoms with van der Waals surface area (Å²) in [5, 5.41) is 11.1. The van der Waals surface area contributed by atoms with Gasteiger partial charge in [-0.3, -0.25) is 4.99 Å². The van der Waals surface area contributed by atoms with Crippen molar-refractivity contribution in [2.75, 3.05) is 0 Å².